The third kappa shape index (κ3) is 2.44. The van der Waals surface area contributed by atoms with Crippen LogP contribution in [0.15, 0.2) is 120 Å². The molecule has 0 spiro atoms. The molecule has 1 aliphatic rings. The molecule has 6 aromatic rings. The zero-order valence-corrected chi connectivity index (χ0v) is 19.1. The Morgan fingerprint density at radius 3 is 1.97 bits per heavy atom. The highest BCUT2D eigenvalue weighted by molar-refractivity contribution is 6.09. The van der Waals surface area contributed by atoms with Crippen LogP contribution < -0.4 is 0 Å². The maximum Gasteiger partial charge on any atom is 0.135 e. The minimum absolute atomic E-state index is 0.394. The lowest BCUT2D eigenvalue weighted by Gasteiger charge is -2.33. The highest BCUT2D eigenvalue weighted by Crippen LogP contribution is 2.57. The summed E-state index contributed by atoms with van der Waals surface area (Å²) in [6.45, 7) is 2.21. The molecule has 0 aliphatic heterocycles. The molecule has 1 heterocycles. The molecule has 0 saturated heterocycles. The standard InChI is InChI=1S/C33H24O/c1-2-22-12-11-19-30-32(22)27-20-26-25-17-9-10-18-28(25)33(23-13-5-3-6-14-23,24-15-7-4-8-16-24)29(26)21-31(27)34-30/h3-21H,2H2,1H3. The van der Waals surface area contributed by atoms with E-state index in [-0.39, 0.29) is 0 Å². The van der Waals surface area contributed by atoms with Crippen molar-refractivity contribution in [3.8, 4) is 11.1 Å². The number of hydrogen-bond donors (Lipinski definition) is 0. The van der Waals surface area contributed by atoms with Gasteiger partial charge in [0.25, 0.3) is 0 Å². The molecule has 162 valence electrons. The van der Waals surface area contributed by atoms with E-state index in [1.807, 2.05) is 0 Å². The summed E-state index contributed by atoms with van der Waals surface area (Å²) in [4.78, 5) is 0. The summed E-state index contributed by atoms with van der Waals surface area (Å²) in [5, 5.41) is 2.45. The van der Waals surface area contributed by atoms with E-state index in [1.165, 1.54) is 49.7 Å². The van der Waals surface area contributed by atoms with Crippen molar-refractivity contribution in [3.63, 3.8) is 0 Å². The van der Waals surface area contributed by atoms with E-state index < -0.39 is 5.41 Å². The van der Waals surface area contributed by atoms with Gasteiger partial charge in [-0.05, 0) is 63.6 Å². The molecule has 0 atom stereocenters. The van der Waals surface area contributed by atoms with E-state index in [4.69, 9.17) is 4.42 Å². The number of aryl methyl sites for hydroxylation is 1. The second kappa shape index (κ2) is 7.20. The lowest BCUT2D eigenvalue weighted by Crippen LogP contribution is -2.28. The van der Waals surface area contributed by atoms with Crippen LogP contribution in [0.5, 0.6) is 0 Å². The van der Waals surface area contributed by atoms with Gasteiger partial charge in [0.05, 0.1) is 5.41 Å². The Hall–Kier alpha value is -4.10. The number of rotatable bonds is 3. The van der Waals surface area contributed by atoms with Crippen LogP contribution in [0.3, 0.4) is 0 Å². The van der Waals surface area contributed by atoms with Crippen LogP contribution in [-0.2, 0) is 11.8 Å². The molecule has 0 unspecified atom stereocenters. The third-order valence-electron chi connectivity index (χ3n) is 7.54. The molecule has 1 heteroatoms. The molecule has 0 amide bonds. The molecule has 0 radical (unpaired) electrons. The Bertz CT molecular complexity index is 1630. The molecule has 0 N–H and O–H groups in total. The van der Waals surface area contributed by atoms with Crippen molar-refractivity contribution in [1.82, 2.24) is 0 Å². The fourth-order valence-corrected chi connectivity index (χ4v) is 6.13. The van der Waals surface area contributed by atoms with Crippen LogP contribution in [0, 0.1) is 0 Å². The van der Waals surface area contributed by atoms with Gasteiger partial charge in [-0.1, -0.05) is 104 Å². The van der Waals surface area contributed by atoms with E-state index in [9.17, 15) is 0 Å². The van der Waals surface area contributed by atoms with Gasteiger partial charge in [0.15, 0.2) is 0 Å². The second-order valence-corrected chi connectivity index (χ2v) is 9.17. The first-order valence-electron chi connectivity index (χ1n) is 12.0. The van der Waals surface area contributed by atoms with Crippen molar-refractivity contribution >= 4 is 21.9 Å². The van der Waals surface area contributed by atoms with E-state index >= 15 is 0 Å². The average molecular weight is 437 g/mol. The fourth-order valence-electron chi connectivity index (χ4n) is 6.13. The molecule has 1 nitrogen and oxygen atoms in total. The summed E-state index contributed by atoms with van der Waals surface area (Å²) in [5.41, 5.74) is 10.6. The molecule has 0 fully saturated rings. The Balaban J connectivity index is 1.67. The zero-order chi connectivity index (χ0) is 22.7. The molecule has 0 bridgehead atoms. The fraction of sp³-hybridized carbons (Fsp3) is 0.0909. The van der Waals surface area contributed by atoms with Crippen molar-refractivity contribution in [2.45, 2.75) is 18.8 Å². The maximum absolute atomic E-state index is 6.48. The Labute approximate surface area is 199 Å². The smallest absolute Gasteiger partial charge is 0.135 e. The van der Waals surface area contributed by atoms with Crippen LogP contribution in [-0.4, -0.2) is 0 Å². The number of fused-ring (bicyclic) bond motifs is 6. The van der Waals surface area contributed by atoms with Crippen molar-refractivity contribution in [3.05, 3.63) is 143 Å². The first-order valence-corrected chi connectivity index (χ1v) is 12.0. The molecule has 1 aliphatic carbocycles. The zero-order valence-electron chi connectivity index (χ0n) is 19.1. The Morgan fingerprint density at radius 2 is 1.26 bits per heavy atom. The topological polar surface area (TPSA) is 13.1 Å². The monoisotopic (exact) mass is 436 g/mol. The van der Waals surface area contributed by atoms with Gasteiger partial charge >= 0.3 is 0 Å². The van der Waals surface area contributed by atoms with Gasteiger partial charge < -0.3 is 4.42 Å². The summed E-state index contributed by atoms with van der Waals surface area (Å²) in [6.07, 6.45) is 0.984. The van der Waals surface area contributed by atoms with E-state index in [0.717, 1.165) is 17.6 Å². The minimum Gasteiger partial charge on any atom is -0.456 e. The van der Waals surface area contributed by atoms with Crippen molar-refractivity contribution < 1.29 is 4.42 Å². The van der Waals surface area contributed by atoms with Gasteiger partial charge in [0.1, 0.15) is 11.2 Å². The minimum atomic E-state index is -0.394. The molecule has 7 rings (SSSR count). The largest absolute Gasteiger partial charge is 0.456 e. The highest BCUT2D eigenvalue weighted by atomic mass is 16.3. The van der Waals surface area contributed by atoms with E-state index in [0.29, 0.717) is 0 Å². The predicted octanol–water partition coefficient (Wildman–Crippen LogP) is 8.51. The lowest BCUT2D eigenvalue weighted by molar-refractivity contribution is 0.666. The Kier molecular flexibility index (Phi) is 4.10. The first-order chi connectivity index (χ1) is 16.8. The van der Waals surface area contributed by atoms with Crippen LogP contribution in [0.4, 0.5) is 0 Å². The number of furan rings is 1. The highest BCUT2D eigenvalue weighted by Gasteiger charge is 2.46. The molecule has 1 aromatic heterocycles. The van der Waals surface area contributed by atoms with Gasteiger partial charge in [-0.25, -0.2) is 0 Å². The molecular weight excluding hydrogens is 412 g/mol. The summed E-state index contributed by atoms with van der Waals surface area (Å²) in [6, 6.07) is 41.8. The van der Waals surface area contributed by atoms with Crippen LogP contribution in [0.25, 0.3) is 33.1 Å². The molecule has 0 saturated carbocycles. The second-order valence-electron chi connectivity index (χ2n) is 9.17. The number of hydrogen-bond acceptors (Lipinski definition) is 1. The summed E-state index contributed by atoms with van der Waals surface area (Å²) >= 11 is 0. The van der Waals surface area contributed by atoms with Gasteiger partial charge in [-0.2, -0.15) is 0 Å². The molecule has 34 heavy (non-hydrogen) atoms. The van der Waals surface area contributed by atoms with Crippen LogP contribution in [0.2, 0.25) is 0 Å². The van der Waals surface area contributed by atoms with Crippen LogP contribution in [0.1, 0.15) is 34.7 Å². The molecular formula is C33H24O. The van der Waals surface area contributed by atoms with E-state index in [1.54, 1.807) is 0 Å². The van der Waals surface area contributed by atoms with E-state index in [2.05, 4.69) is 122 Å². The third-order valence-corrected chi connectivity index (χ3v) is 7.54. The van der Waals surface area contributed by atoms with Gasteiger partial charge in [0, 0.05) is 10.8 Å². The molecule has 5 aromatic carbocycles. The van der Waals surface area contributed by atoms with Crippen molar-refractivity contribution in [1.29, 1.82) is 0 Å². The maximum atomic E-state index is 6.48. The van der Waals surface area contributed by atoms with Gasteiger partial charge in [0.2, 0.25) is 0 Å². The van der Waals surface area contributed by atoms with Crippen molar-refractivity contribution in [2.24, 2.45) is 0 Å². The van der Waals surface area contributed by atoms with Crippen LogP contribution >= 0.6 is 0 Å². The summed E-state index contributed by atoms with van der Waals surface area (Å²) < 4.78 is 6.48. The average Bonchev–Trinajstić information content (AvgIpc) is 3.41. The summed E-state index contributed by atoms with van der Waals surface area (Å²) in [7, 11) is 0. The first kappa shape index (κ1) is 19.4. The lowest BCUT2D eigenvalue weighted by atomic mass is 9.67. The SMILES string of the molecule is CCc1cccc2oc3cc4c(cc3c12)-c1ccccc1C4(c1ccccc1)c1ccccc1. The normalized spacial score (nSPS) is 13.8. The van der Waals surface area contributed by atoms with Crippen molar-refractivity contribution in [2.75, 3.05) is 0 Å². The summed E-state index contributed by atoms with van der Waals surface area (Å²) in [5.74, 6) is 0. The van der Waals surface area contributed by atoms with Gasteiger partial charge in [-0.15, -0.1) is 0 Å². The number of benzene rings is 5. The quantitative estimate of drug-likeness (QED) is 0.270. The Morgan fingerprint density at radius 1 is 0.588 bits per heavy atom. The van der Waals surface area contributed by atoms with Gasteiger partial charge in [-0.3, -0.25) is 0 Å². The predicted molar refractivity (Wildman–Crippen MR) is 140 cm³/mol.